The smallest absolute Gasteiger partial charge is 0.316 e. The highest BCUT2D eigenvalue weighted by Gasteiger charge is 2.41. The topological polar surface area (TPSA) is 52.6 Å². The Labute approximate surface area is 193 Å². The van der Waals surface area contributed by atoms with E-state index in [1.807, 2.05) is 0 Å². The molecule has 0 radical (unpaired) electrons. The highest BCUT2D eigenvalue weighted by molar-refractivity contribution is 7.40. The lowest BCUT2D eigenvalue weighted by Crippen LogP contribution is -2.41. The van der Waals surface area contributed by atoms with Crippen LogP contribution < -0.4 is 0 Å². The summed E-state index contributed by atoms with van der Waals surface area (Å²) in [5.41, 5.74) is 0.210. The zero-order valence-electron chi connectivity index (χ0n) is 21.7. The number of carbonyl (C=O) groups is 2. The standard InChI is InChI=1S/C20H35O3P.C6H14O/c1-19(2,3)13-20(4,24-5)18(22)23-17-9-8-15-10-14(12-21)6-7-16(15)11-17;1-5-6(2,3)7-4/h12,14-17,24H,6-11,13H2,1-5H3;5H2,1-4H3. The number of methoxy groups -OCH3 is 1. The number of rotatable bonds is 7. The predicted molar refractivity (Wildman–Crippen MR) is 132 cm³/mol. The highest BCUT2D eigenvalue weighted by Crippen LogP contribution is 2.45. The number of ether oxygens (including phenoxy) is 2. The Morgan fingerprint density at radius 1 is 1.00 bits per heavy atom. The van der Waals surface area contributed by atoms with Gasteiger partial charge in [-0.05, 0) is 96.1 Å². The number of esters is 1. The van der Waals surface area contributed by atoms with Gasteiger partial charge in [0.15, 0.2) is 0 Å². The van der Waals surface area contributed by atoms with Crippen molar-refractivity contribution in [3.05, 3.63) is 0 Å². The van der Waals surface area contributed by atoms with Crippen LogP contribution in [0.5, 0.6) is 0 Å². The summed E-state index contributed by atoms with van der Waals surface area (Å²) in [7, 11) is 2.30. The molecule has 0 amide bonds. The molecule has 4 nitrogen and oxygen atoms in total. The van der Waals surface area contributed by atoms with Gasteiger partial charge in [0, 0.05) is 13.0 Å². The Hall–Kier alpha value is -0.470. The molecule has 6 atom stereocenters. The van der Waals surface area contributed by atoms with Gasteiger partial charge in [-0.15, -0.1) is 8.58 Å². The van der Waals surface area contributed by atoms with E-state index in [9.17, 15) is 9.59 Å². The number of aldehydes is 1. The maximum Gasteiger partial charge on any atom is 0.316 e. The minimum Gasteiger partial charge on any atom is -0.462 e. The second-order valence-electron chi connectivity index (χ2n) is 11.7. The third-order valence-corrected chi connectivity index (χ3v) is 8.85. The Bertz CT molecular complexity index is 562. The average Bonchev–Trinajstić information content (AvgIpc) is 2.72. The molecule has 0 aromatic carbocycles. The second kappa shape index (κ2) is 12.1. The molecule has 182 valence electrons. The molecular formula is C26H49O4P. The van der Waals surface area contributed by atoms with Crippen molar-refractivity contribution in [2.45, 2.75) is 117 Å². The van der Waals surface area contributed by atoms with E-state index in [0.29, 0.717) is 20.4 Å². The molecule has 0 bridgehead atoms. The molecule has 2 aliphatic rings. The van der Waals surface area contributed by atoms with Crippen LogP contribution in [0.1, 0.15) is 99.8 Å². The van der Waals surface area contributed by atoms with Crippen LogP contribution in [-0.4, -0.2) is 42.9 Å². The predicted octanol–water partition coefficient (Wildman–Crippen LogP) is 6.64. The van der Waals surface area contributed by atoms with Crippen molar-refractivity contribution < 1.29 is 19.1 Å². The van der Waals surface area contributed by atoms with Crippen LogP contribution in [0.2, 0.25) is 0 Å². The number of hydrogen-bond donors (Lipinski definition) is 0. The van der Waals surface area contributed by atoms with Crippen LogP contribution in [0.4, 0.5) is 0 Å². The summed E-state index contributed by atoms with van der Waals surface area (Å²) in [6.45, 7) is 17.0. The largest absolute Gasteiger partial charge is 0.462 e. The lowest BCUT2D eigenvalue weighted by atomic mass is 9.67. The van der Waals surface area contributed by atoms with Gasteiger partial charge in [0.1, 0.15) is 12.4 Å². The monoisotopic (exact) mass is 456 g/mol. The van der Waals surface area contributed by atoms with Crippen molar-refractivity contribution in [3.8, 4) is 0 Å². The SMILES string of the molecule is CCC(C)(C)OC.CPC(C)(CC(C)(C)C)C(=O)OC1CCC2CC(C=O)CCC2C1. The molecule has 2 rings (SSSR count). The van der Waals surface area contributed by atoms with Crippen molar-refractivity contribution in [3.63, 3.8) is 0 Å². The lowest BCUT2D eigenvalue weighted by molar-refractivity contribution is -0.156. The molecule has 5 heteroatoms. The maximum absolute atomic E-state index is 12.8. The first-order valence-corrected chi connectivity index (χ1v) is 13.7. The first-order valence-electron chi connectivity index (χ1n) is 12.2. The molecule has 2 fully saturated rings. The van der Waals surface area contributed by atoms with Crippen LogP contribution >= 0.6 is 8.58 Å². The number of hydrogen-bond acceptors (Lipinski definition) is 4. The van der Waals surface area contributed by atoms with E-state index in [2.05, 4.69) is 55.1 Å². The van der Waals surface area contributed by atoms with E-state index in [1.54, 1.807) is 7.11 Å². The molecule has 0 spiro atoms. The van der Waals surface area contributed by atoms with Gasteiger partial charge >= 0.3 is 5.97 Å². The Morgan fingerprint density at radius 3 is 2.03 bits per heavy atom. The van der Waals surface area contributed by atoms with E-state index in [4.69, 9.17) is 9.47 Å². The van der Waals surface area contributed by atoms with E-state index >= 15 is 0 Å². The summed E-state index contributed by atoms with van der Waals surface area (Å²) < 4.78 is 11.1. The van der Waals surface area contributed by atoms with Gasteiger partial charge in [-0.1, -0.05) is 27.7 Å². The summed E-state index contributed by atoms with van der Waals surface area (Å²) in [5, 5.41) is -0.357. The number of carbonyl (C=O) groups excluding carboxylic acids is 2. The second-order valence-corrected chi connectivity index (χ2v) is 13.3. The first kappa shape index (κ1) is 28.6. The van der Waals surface area contributed by atoms with Gasteiger partial charge < -0.3 is 14.3 Å². The van der Waals surface area contributed by atoms with Crippen molar-refractivity contribution in [1.29, 1.82) is 0 Å². The van der Waals surface area contributed by atoms with Gasteiger partial charge in [0.25, 0.3) is 0 Å². The van der Waals surface area contributed by atoms with Gasteiger partial charge in [0.2, 0.25) is 0 Å². The zero-order valence-corrected chi connectivity index (χ0v) is 22.7. The van der Waals surface area contributed by atoms with E-state index in [-0.39, 0.29) is 34.2 Å². The fraction of sp³-hybridized carbons (Fsp3) is 0.923. The minimum atomic E-state index is -0.357. The van der Waals surface area contributed by atoms with Gasteiger partial charge in [-0.2, -0.15) is 0 Å². The summed E-state index contributed by atoms with van der Waals surface area (Å²) in [6.07, 6.45) is 9.43. The summed E-state index contributed by atoms with van der Waals surface area (Å²) >= 11 is 0. The maximum atomic E-state index is 12.8. The molecular weight excluding hydrogens is 407 g/mol. The Morgan fingerprint density at radius 2 is 1.58 bits per heavy atom. The van der Waals surface area contributed by atoms with Crippen LogP contribution in [0.15, 0.2) is 0 Å². The molecule has 0 aromatic heterocycles. The third kappa shape index (κ3) is 9.50. The molecule has 2 saturated carbocycles. The van der Waals surface area contributed by atoms with Gasteiger partial charge in [0.05, 0.1) is 10.8 Å². The molecule has 0 heterocycles. The quantitative estimate of drug-likeness (QED) is 0.245. The average molecular weight is 457 g/mol. The molecule has 31 heavy (non-hydrogen) atoms. The summed E-state index contributed by atoms with van der Waals surface area (Å²) in [4.78, 5) is 23.9. The zero-order chi connectivity index (χ0) is 23.9. The van der Waals surface area contributed by atoms with Crippen LogP contribution in [0, 0.1) is 23.2 Å². The van der Waals surface area contributed by atoms with E-state index in [0.717, 1.165) is 57.7 Å². The van der Waals surface area contributed by atoms with E-state index < -0.39 is 0 Å². The van der Waals surface area contributed by atoms with Crippen LogP contribution in [-0.2, 0) is 19.1 Å². The van der Waals surface area contributed by atoms with E-state index in [1.165, 1.54) is 0 Å². The molecule has 0 N–H and O–H groups in total. The highest BCUT2D eigenvalue weighted by atomic mass is 31.1. The Balaban J connectivity index is 0.000000592. The fourth-order valence-corrected chi connectivity index (χ4v) is 5.83. The molecule has 0 saturated heterocycles. The summed E-state index contributed by atoms with van der Waals surface area (Å²) in [6, 6.07) is 0. The molecule has 2 aliphatic carbocycles. The lowest BCUT2D eigenvalue weighted by Gasteiger charge is -2.41. The molecule has 0 aromatic rings. The molecule has 6 unspecified atom stereocenters. The Kier molecular flexibility index (Phi) is 11.2. The van der Waals surface area contributed by atoms with Crippen molar-refractivity contribution in [2.24, 2.45) is 23.2 Å². The molecule has 0 aliphatic heterocycles. The minimum absolute atomic E-state index is 0.00304. The van der Waals surface area contributed by atoms with Gasteiger partial charge in [-0.3, -0.25) is 4.79 Å². The first-order chi connectivity index (χ1) is 14.3. The van der Waals surface area contributed by atoms with Gasteiger partial charge in [-0.25, -0.2) is 0 Å². The van der Waals surface area contributed by atoms with Crippen LogP contribution in [0.25, 0.3) is 0 Å². The van der Waals surface area contributed by atoms with Crippen LogP contribution in [0.3, 0.4) is 0 Å². The van der Waals surface area contributed by atoms with Crippen molar-refractivity contribution in [2.75, 3.05) is 13.8 Å². The van der Waals surface area contributed by atoms with Crippen molar-refractivity contribution >= 4 is 20.8 Å². The third-order valence-electron chi connectivity index (χ3n) is 7.36. The fourth-order valence-electron chi connectivity index (χ4n) is 4.86. The summed E-state index contributed by atoms with van der Waals surface area (Å²) in [5.74, 6) is 1.58. The van der Waals surface area contributed by atoms with Crippen molar-refractivity contribution in [1.82, 2.24) is 0 Å². The number of fused-ring (bicyclic) bond motifs is 1. The normalized spacial score (nSPS) is 28.8.